The lowest BCUT2D eigenvalue weighted by atomic mass is 10.0. The Morgan fingerprint density at radius 1 is 1.00 bits per heavy atom. The molecular formula is C23H24O6. The Kier molecular flexibility index (Phi) is 6.22. The third-order valence-corrected chi connectivity index (χ3v) is 4.82. The molecule has 6 heteroatoms. The molecule has 1 aromatic heterocycles. The van der Waals surface area contributed by atoms with Crippen LogP contribution >= 0.6 is 0 Å². The molecule has 0 saturated heterocycles. The van der Waals surface area contributed by atoms with Crippen molar-refractivity contribution in [1.82, 2.24) is 0 Å². The lowest BCUT2D eigenvalue weighted by Gasteiger charge is -2.12. The molecule has 3 aromatic rings. The average Bonchev–Trinajstić information content (AvgIpc) is 2.71. The van der Waals surface area contributed by atoms with Gasteiger partial charge in [-0.2, -0.15) is 0 Å². The maximum Gasteiger partial charge on any atom is 0.336 e. The highest BCUT2D eigenvalue weighted by Crippen LogP contribution is 2.29. The van der Waals surface area contributed by atoms with Crippen LogP contribution in [0.4, 0.5) is 0 Å². The first-order valence-electron chi connectivity index (χ1n) is 9.44. The molecule has 152 valence electrons. The standard InChI is InChI=1S/C23H24O6/c1-5-15-12-18-14(2)10-23(25)29-21(18)13-20(15)28-22(24)9-6-16-11-17(26-3)7-8-19(16)27-4/h7-8,10-13H,5-6,9H2,1-4H3. The van der Waals surface area contributed by atoms with Crippen molar-refractivity contribution in [3.05, 3.63) is 63.5 Å². The second kappa shape index (κ2) is 8.82. The van der Waals surface area contributed by atoms with Crippen molar-refractivity contribution in [2.75, 3.05) is 14.2 Å². The minimum atomic E-state index is -0.429. The molecule has 29 heavy (non-hydrogen) atoms. The number of carbonyl (C=O) groups excluding carboxylic acids is 1. The SMILES string of the molecule is CCc1cc2c(C)cc(=O)oc2cc1OC(=O)CCc1cc(OC)ccc1OC. The molecule has 0 atom stereocenters. The van der Waals surface area contributed by atoms with Gasteiger partial charge >= 0.3 is 11.6 Å². The number of hydrogen-bond acceptors (Lipinski definition) is 6. The molecule has 0 radical (unpaired) electrons. The summed E-state index contributed by atoms with van der Waals surface area (Å²) in [5, 5.41) is 0.836. The topological polar surface area (TPSA) is 75.0 Å². The lowest BCUT2D eigenvalue weighted by molar-refractivity contribution is -0.134. The number of fused-ring (bicyclic) bond motifs is 1. The molecule has 3 rings (SSSR count). The molecule has 0 aliphatic carbocycles. The minimum Gasteiger partial charge on any atom is -0.497 e. The van der Waals surface area contributed by atoms with E-state index in [-0.39, 0.29) is 12.4 Å². The number of hydrogen-bond donors (Lipinski definition) is 0. The van der Waals surface area contributed by atoms with E-state index in [9.17, 15) is 9.59 Å². The number of methoxy groups -OCH3 is 2. The zero-order valence-corrected chi connectivity index (χ0v) is 17.0. The van der Waals surface area contributed by atoms with Gasteiger partial charge in [0.25, 0.3) is 0 Å². The molecule has 0 aliphatic rings. The molecule has 1 heterocycles. The second-order valence-electron chi connectivity index (χ2n) is 6.71. The highest BCUT2D eigenvalue weighted by molar-refractivity contribution is 5.84. The van der Waals surface area contributed by atoms with Crippen molar-refractivity contribution in [2.45, 2.75) is 33.1 Å². The maximum absolute atomic E-state index is 12.5. The molecule has 0 fully saturated rings. The molecule has 0 amide bonds. The van der Waals surface area contributed by atoms with Gasteiger partial charge in [0.15, 0.2) is 0 Å². The van der Waals surface area contributed by atoms with Crippen LogP contribution in [0.3, 0.4) is 0 Å². The number of carbonyl (C=O) groups is 1. The Morgan fingerprint density at radius 2 is 1.79 bits per heavy atom. The number of esters is 1. The van der Waals surface area contributed by atoms with Gasteiger partial charge in [-0.05, 0) is 60.7 Å². The molecule has 0 aliphatic heterocycles. The molecule has 0 bridgehead atoms. The highest BCUT2D eigenvalue weighted by Gasteiger charge is 2.14. The van der Waals surface area contributed by atoms with Crippen molar-refractivity contribution in [2.24, 2.45) is 0 Å². The quantitative estimate of drug-likeness (QED) is 0.338. The van der Waals surface area contributed by atoms with Gasteiger partial charge in [-0.3, -0.25) is 4.79 Å². The Balaban J connectivity index is 1.80. The predicted molar refractivity (Wildman–Crippen MR) is 110 cm³/mol. The summed E-state index contributed by atoms with van der Waals surface area (Å²) in [7, 11) is 3.17. The molecular weight excluding hydrogens is 372 g/mol. The van der Waals surface area contributed by atoms with E-state index in [0.717, 1.165) is 22.1 Å². The van der Waals surface area contributed by atoms with Crippen molar-refractivity contribution in [1.29, 1.82) is 0 Å². The summed E-state index contributed by atoms with van der Waals surface area (Å²) in [6.07, 6.45) is 1.30. The average molecular weight is 396 g/mol. The summed E-state index contributed by atoms with van der Waals surface area (Å²) in [5.74, 6) is 1.42. The van der Waals surface area contributed by atoms with Crippen LogP contribution in [-0.4, -0.2) is 20.2 Å². The van der Waals surface area contributed by atoms with Gasteiger partial charge in [0.1, 0.15) is 22.8 Å². The van der Waals surface area contributed by atoms with Crippen LogP contribution in [0, 0.1) is 6.92 Å². The van der Waals surface area contributed by atoms with E-state index in [0.29, 0.717) is 35.7 Å². The van der Waals surface area contributed by atoms with E-state index < -0.39 is 5.63 Å². The van der Waals surface area contributed by atoms with Crippen molar-refractivity contribution < 1.29 is 23.4 Å². The zero-order valence-electron chi connectivity index (χ0n) is 17.0. The van der Waals surface area contributed by atoms with E-state index >= 15 is 0 Å². The summed E-state index contributed by atoms with van der Waals surface area (Å²) in [6, 6.07) is 10.4. The number of aryl methyl sites for hydroxylation is 3. The molecule has 0 N–H and O–H groups in total. The predicted octanol–water partition coefficient (Wildman–Crippen LogP) is 4.22. The van der Waals surface area contributed by atoms with E-state index in [2.05, 4.69) is 0 Å². The first-order valence-corrected chi connectivity index (χ1v) is 9.44. The largest absolute Gasteiger partial charge is 0.497 e. The summed E-state index contributed by atoms with van der Waals surface area (Å²) in [6.45, 7) is 3.83. The Labute approximate surface area is 169 Å². The Bertz CT molecular complexity index is 1100. The van der Waals surface area contributed by atoms with Crippen LogP contribution in [0.25, 0.3) is 11.0 Å². The number of ether oxygens (including phenoxy) is 3. The van der Waals surface area contributed by atoms with Gasteiger partial charge in [0.05, 0.1) is 20.6 Å². The van der Waals surface area contributed by atoms with E-state index in [1.165, 1.54) is 6.07 Å². The smallest absolute Gasteiger partial charge is 0.336 e. The van der Waals surface area contributed by atoms with Gasteiger partial charge in [-0.15, -0.1) is 0 Å². The van der Waals surface area contributed by atoms with Crippen molar-refractivity contribution in [3.8, 4) is 17.2 Å². The van der Waals surface area contributed by atoms with Gasteiger partial charge < -0.3 is 18.6 Å². The molecule has 6 nitrogen and oxygen atoms in total. The van der Waals surface area contributed by atoms with Crippen LogP contribution < -0.4 is 19.8 Å². The third kappa shape index (κ3) is 4.59. The monoisotopic (exact) mass is 396 g/mol. The molecule has 0 unspecified atom stereocenters. The molecule has 0 spiro atoms. The van der Waals surface area contributed by atoms with E-state index in [1.807, 2.05) is 32.0 Å². The van der Waals surface area contributed by atoms with Crippen molar-refractivity contribution in [3.63, 3.8) is 0 Å². The van der Waals surface area contributed by atoms with Gasteiger partial charge in [0.2, 0.25) is 0 Å². The second-order valence-corrected chi connectivity index (χ2v) is 6.71. The first kappa shape index (κ1) is 20.5. The molecule has 0 saturated carbocycles. The molecule has 2 aromatic carbocycles. The number of rotatable bonds is 7. The van der Waals surface area contributed by atoms with Gasteiger partial charge in [0, 0.05) is 17.5 Å². The van der Waals surface area contributed by atoms with Crippen LogP contribution in [0.15, 0.2) is 45.6 Å². The van der Waals surface area contributed by atoms with Gasteiger partial charge in [-0.25, -0.2) is 4.79 Å². The summed E-state index contributed by atoms with van der Waals surface area (Å²) >= 11 is 0. The Morgan fingerprint density at radius 3 is 2.48 bits per heavy atom. The first-order chi connectivity index (χ1) is 13.9. The fraction of sp³-hybridized carbons (Fsp3) is 0.304. The van der Waals surface area contributed by atoms with Crippen LogP contribution in [0.1, 0.15) is 30.0 Å². The third-order valence-electron chi connectivity index (χ3n) is 4.82. The van der Waals surface area contributed by atoms with E-state index in [1.54, 1.807) is 26.4 Å². The fourth-order valence-corrected chi connectivity index (χ4v) is 3.25. The van der Waals surface area contributed by atoms with Gasteiger partial charge in [-0.1, -0.05) is 6.92 Å². The lowest BCUT2D eigenvalue weighted by Crippen LogP contribution is -2.11. The summed E-state index contributed by atoms with van der Waals surface area (Å²) < 4.78 is 21.5. The van der Waals surface area contributed by atoms with Crippen LogP contribution in [-0.2, 0) is 17.6 Å². The van der Waals surface area contributed by atoms with Crippen molar-refractivity contribution >= 4 is 16.9 Å². The maximum atomic E-state index is 12.5. The normalized spacial score (nSPS) is 10.8. The zero-order chi connectivity index (χ0) is 21.0. The van der Waals surface area contributed by atoms with E-state index in [4.69, 9.17) is 18.6 Å². The summed E-state index contributed by atoms with van der Waals surface area (Å²) in [5.41, 5.74) is 2.54. The fourth-order valence-electron chi connectivity index (χ4n) is 3.25. The summed E-state index contributed by atoms with van der Waals surface area (Å²) in [4.78, 5) is 24.2. The Hall–Kier alpha value is -3.28. The van der Waals surface area contributed by atoms with Crippen LogP contribution in [0.5, 0.6) is 17.2 Å². The van der Waals surface area contributed by atoms with Crippen LogP contribution in [0.2, 0.25) is 0 Å². The number of benzene rings is 2. The minimum absolute atomic E-state index is 0.169. The highest BCUT2D eigenvalue weighted by atomic mass is 16.5.